The van der Waals surface area contributed by atoms with Crippen LogP contribution in [-0.4, -0.2) is 32.2 Å². The van der Waals surface area contributed by atoms with Crippen LogP contribution < -0.4 is 4.74 Å². The maximum Gasteiger partial charge on any atom is 0.254 e. The van der Waals surface area contributed by atoms with Crippen molar-refractivity contribution in [1.82, 2.24) is 4.98 Å². The van der Waals surface area contributed by atoms with Gasteiger partial charge in [-0.3, -0.25) is 0 Å². The first-order chi connectivity index (χ1) is 9.69. The molecule has 1 spiro atoms. The van der Waals surface area contributed by atoms with Gasteiger partial charge in [-0.25, -0.2) is 22.2 Å². The van der Waals surface area contributed by atoms with Crippen molar-refractivity contribution in [2.45, 2.75) is 37.0 Å². The van der Waals surface area contributed by atoms with Crippen molar-refractivity contribution in [2.24, 2.45) is 11.3 Å². The molecule has 0 amide bonds. The summed E-state index contributed by atoms with van der Waals surface area (Å²) < 4.78 is 56.2. The van der Waals surface area contributed by atoms with E-state index in [-0.39, 0.29) is 28.9 Å². The predicted octanol–water partition coefficient (Wildman–Crippen LogP) is 2.61. The number of sulfone groups is 1. The Labute approximate surface area is 122 Å². The number of hydrogen-bond acceptors (Lipinski definition) is 4. The highest BCUT2D eigenvalue weighted by molar-refractivity contribution is 7.91. The minimum Gasteiger partial charge on any atom is -0.480 e. The van der Waals surface area contributed by atoms with Crippen LogP contribution >= 0.6 is 0 Å². The molecule has 21 heavy (non-hydrogen) atoms. The quantitative estimate of drug-likeness (QED) is 0.856. The van der Waals surface area contributed by atoms with Crippen LogP contribution in [0.3, 0.4) is 0 Å². The Morgan fingerprint density at radius 2 is 2.05 bits per heavy atom. The molecule has 0 aliphatic heterocycles. The molecule has 1 heterocycles. The number of nitrogens with zero attached hydrogens (tertiary/aromatic N) is 1. The van der Waals surface area contributed by atoms with Gasteiger partial charge in [-0.2, -0.15) is 0 Å². The van der Waals surface area contributed by atoms with Crippen molar-refractivity contribution in [2.75, 3.05) is 12.9 Å². The third-order valence-electron chi connectivity index (χ3n) is 4.51. The maximum atomic E-state index is 13.2. The largest absolute Gasteiger partial charge is 0.480 e. The molecule has 3 rings (SSSR count). The highest BCUT2D eigenvalue weighted by Crippen LogP contribution is 2.72. The topological polar surface area (TPSA) is 56.3 Å². The summed E-state index contributed by atoms with van der Waals surface area (Å²) in [6.07, 6.45) is 2.02. The first-order valence-corrected chi connectivity index (χ1v) is 8.46. The van der Waals surface area contributed by atoms with Crippen molar-refractivity contribution in [3.05, 3.63) is 17.8 Å². The Kier molecular flexibility index (Phi) is 3.06. The molecule has 0 atom stereocenters. The summed E-state index contributed by atoms with van der Waals surface area (Å²) in [6, 6.07) is 1.52. The number of methoxy groups -OCH3 is 1. The molecule has 116 valence electrons. The van der Waals surface area contributed by atoms with E-state index in [1.165, 1.54) is 19.4 Å². The van der Waals surface area contributed by atoms with Crippen LogP contribution in [0.1, 0.15) is 24.8 Å². The minimum absolute atomic E-state index is 0.0495. The van der Waals surface area contributed by atoms with E-state index in [1.54, 1.807) is 6.92 Å². The normalized spacial score (nSPS) is 30.0. The molecular weight excluding hydrogens is 300 g/mol. The van der Waals surface area contributed by atoms with Gasteiger partial charge < -0.3 is 4.74 Å². The van der Waals surface area contributed by atoms with Crippen molar-refractivity contribution in [3.63, 3.8) is 0 Å². The smallest absolute Gasteiger partial charge is 0.254 e. The van der Waals surface area contributed by atoms with Crippen LogP contribution in [0.5, 0.6) is 5.88 Å². The molecule has 7 heteroatoms. The lowest BCUT2D eigenvalue weighted by Crippen LogP contribution is -2.35. The summed E-state index contributed by atoms with van der Waals surface area (Å²) in [6.45, 7) is 1.74. The average molecular weight is 317 g/mol. The van der Waals surface area contributed by atoms with E-state index in [4.69, 9.17) is 4.74 Å². The van der Waals surface area contributed by atoms with E-state index in [2.05, 4.69) is 4.98 Å². The zero-order valence-corrected chi connectivity index (χ0v) is 12.7. The molecule has 2 saturated carbocycles. The predicted molar refractivity (Wildman–Crippen MR) is 72.3 cm³/mol. The lowest BCUT2D eigenvalue weighted by atomic mass is 9.72. The van der Waals surface area contributed by atoms with Gasteiger partial charge in [0.05, 0.1) is 12.9 Å². The standard InChI is InChI=1S/C14H17F2NO3S/c1-9-3-11(12(20-2)17-6-9)21(18,19)7-10-4-13(5-10)8-14(13,15)16/h3,6,10H,4-5,7-8H2,1-2H3. The number of halogens is 2. The summed E-state index contributed by atoms with van der Waals surface area (Å²) in [7, 11) is -2.22. The second-order valence-corrected chi connectivity index (χ2v) is 8.24. The number of rotatable bonds is 4. The van der Waals surface area contributed by atoms with Gasteiger partial charge in [-0.15, -0.1) is 0 Å². The zero-order valence-electron chi connectivity index (χ0n) is 11.9. The van der Waals surface area contributed by atoms with Gasteiger partial charge in [0, 0.05) is 18.0 Å². The van der Waals surface area contributed by atoms with E-state index >= 15 is 0 Å². The van der Waals surface area contributed by atoms with E-state index in [0.29, 0.717) is 18.4 Å². The molecule has 2 aliphatic rings. The van der Waals surface area contributed by atoms with Gasteiger partial charge in [-0.05, 0) is 37.3 Å². The van der Waals surface area contributed by atoms with Crippen LogP contribution in [-0.2, 0) is 9.84 Å². The SMILES string of the molecule is COc1ncc(C)cc1S(=O)(=O)CC1CC2(C1)CC2(F)F. The molecule has 0 aromatic carbocycles. The van der Waals surface area contributed by atoms with Crippen LogP contribution in [0.2, 0.25) is 0 Å². The lowest BCUT2D eigenvalue weighted by Gasteiger charge is -2.35. The van der Waals surface area contributed by atoms with Crippen molar-refractivity contribution in [1.29, 1.82) is 0 Å². The van der Waals surface area contributed by atoms with Crippen molar-refractivity contribution in [3.8, 4) is 5.88 Å². The Balaban J connectivity index is 1.75. The van der Waals surface area contributed by atoms with E-state index in [0.717, 1.165) is 0 Å². The lowest BCUT2D eigenvalue weighted by molar-refractivity contribution is 0.00745. The van der Waals surface area contributed by atoms with Crippen LogP contribution in [0.25, 0.3) is 0 Å². The van der Waals surface area contributed by atoms with Gasteiger partial charge in [0.2, 0.25) is 5.88 Å². The van der Waals surface area contributed by atoms with E-state index < -0.39 is 21.2 Å². The molecule has 0 radical (unpaired) electrons. The summed E-state index contributed by atoms with van der Waals surface area (Å²) >= 11 is 0. The second-order valence-electron chi connectivity index (χ2n) is 6.24. The number of aryl methyl sites for hydroxylation is 1. The molecule has 0 bridgehead atoms. The first-order valence-electron chi connectivity index (χ1n) is 6.80. The molecule has 1 aromatic rings. The molecule has 4 nitrogen and oxygen atoms in total. The third kappa shape index (κ3) is 2.31. The Morgan fingerprint density at radius 1 is 1.43 bits per heavy atom. The van der Waals surface area contributed by atoms with Crippen molar-refractivity contribution >= 4 is 9.84 Å². The first kappa shape index (κ1) is 14.7. The molecule has 0 unspecified atom stereocenters. The zero-order chi connectivity index (χ0) is 15.5. The highest BCUT2D eigenvalue weighted by atomic mass is 32.2. The van der Waals surface area contributed by atoms with Crippen LogP contribution in [0.15, 0.2) is 17.2 Å². The van der Waals surface area contributed by atoms with Crippen LogP contribution in [0.4, 0.5) is 8.78 Å². The number of aromatic nitrogens is 1. The van der Waals surface area contributed by atoms with Crippen LogP contribution in [0, 0.1) is 18.3 Å². The van der Waals surface area contributed by atoms with Crippen molar-refractivity contribution < 1.29 is 21.9 Å². The van der Waals surface area contributed by atoms with E-state index in [1.807, 2.05) is 0 Å². The minimum atomic E-state index is -3.58. The molecule has 1 aromatic heterocycles. The van der Waals surface area contributed by atoms with E-state index in [9.17, 15) is 17.2 Å². The fourth-order valence-electron chi connectivity index (χ4n) is 3.29. The van der Waals surface area contributed by atoms with Gasteiger partial charge in [0.1, 0.15) is 4.90 Å². The number of pyridine rings is 1. The molecule has 0 saturated heterocycles. The molecular formula is C14H17F2NO3S. The summed E-state index contributed by atoms with van der Waals surface area (Å²) in [4.78, 5) is 4.01. The molecule has 0 N–H and O–H groups in total. The highest BCUT2D eigenvalue weighted by Gasteiger charge is 2.75. The van der Waals surface area contributed by atoms with Gasteiger partial charge in [0.15, 0.2) is 9.84 Å². The molecule has 2 aliphatic carbocycles. The second kappa shape index (κ2) is 4.38. The number of ether oxygens (including phenoxy) is 1. The van der Waals surface area contributed by atoms with Gasteiger partial charge in [0.25, 0.3) is 5.92 Å². The van der Waals surface area contributed by atoms with Gasteiger partial charge >= 0.3 is 0 Å². The molecule has 2 fully saturated rings. The Bertz CT molecular complexity index is 681. The summed E-state index contributed by atoms with van der Waals surface area (Å²) in [5.74, 6) is -2.85. The third-order valence-corrected chi connectivity index (χ3v) is 6.38. The number of hydrogen-bond donors (Lipinski definition) is 0. The monoisotopic (exact) mass is 317 g/mol. The summed E-state index contributed by atoms with van der Waals surface area (Å²) in [5, 5.41) is 0. The Morgan fingerprint density at radius 3 is 2.57 bits per heavy atom. The average Bonchev–Trinajstić information content (AvgIpc) is 2.91. The fraction of sp³-hybridized carbons (Fsp3) is 0.643. The Hall–Kier alpha value is -1.24. The number of alkyl halides is 2. The maximum absolute atomic E-state index is 13.2. The summed E-state index contributed by atoms with van der Waals surface area (Å²) in [5.41, 5.74) is -0.185. The van der Waals surface area contributed by atoms with Gasteiger partial charge in [-0.1, -0.05) is 0 Å². The fourth-order valence-corrected chi connectivity index (χ4v) is 5.10.